The lowest BCUT2D eigenvalue weighted by molar-refractivity contribution is -0.113. The molecule has 0 aliphatic rings. The molecule has 0 atom stereocenters. The lowest BCUT2D eigenvalue weighted by Crippen LogP contribution is -2.16. The molecule has 6 nitrogen and oxygen atoms in total. The zero-order valence-corrected chi connectivity index (χ0v) is 20.3. The Morgan fingerprint density at radius 2 is 1.91 bits per heavy atom. The summed E-state index contributed by atoms with van der Waals surface area (Å²) in [4.78, 5) is 12.5. The van der Waals surface area contributed by atoms with Gasteiger partial charge in [-0.15, -0.1) is 16.8 Å². The normalized spacial score (nSPS) is 10.8. The van der Waals surface area contributed by atoms with Gasteiger partial charge in [-0.1, -0.05) is 41.6 Å². The van der Waals surface area contributed by atoms with Gasteiger partial charge in [-0.25, -0.2) is 0 Å². The molecule has 0 fully saturated rings. The average molecular weight is 471 g/mol. The fraction of sp³-hybridized carbons (Fsp3) is 0.292. The molecule has 3 aromatic rings. The summed E-state index contributed by atoms with van der Waals surface area (Å²) in [6, 6.07) is 9.66. The third-order valence-corrected chi connectivity index (χ3v) is 6.66. The third-order valence-electron chi connectivity index (χ3n) is 5.09. The number of thioether (sulfide) groups is 1. The first-order chi connectivity index (χ1) is 15.3. The van der Waals surface area contributed by atoms with Crippen molar-refractivity contribution in [2.75, 3.05) is 11.1 Å². The van der Waals surface area contributed by atoms with E-state index < -0.39 is 0 Å². The van der Waals surface area contributed by atoms with Gasteiger partial charge in [-0.05, 0) is 68.1 Å². The van der Waals surface area contributed by atoms with Gasteiger partial charge >= 0.3 is 0 Å². The Labute approximate surface area is 198 Å². The highest BCUT2D eigenvalue weighted by Gasteiger charge is 2.15. The Morgan fingerprint density at radius 1 is 1.19 bits per heavy atom. The number of amides is 1. The second-order valence-electron chi connectivity index (χ2n) is 7.54. The van der Waals surface area contributed by atoms with Crippen LogP contribution in [-0.2, 0) is 17.9 Å². The van der Waals surface area contributed by atoms with E-state index in [-0.39, 0.29) is 18.3 Å². The van der Waals surface area contributed by atoms with Crippen LogP contribution in [0, 0.1) is 27.7 Å². The van der Waals surface area contributed by atoms with Crippen molar-refractivity contribution in [1.82, 2.24) is 14.8 Å². The number of aryl methyl sites for hydroxylation is 3. The number of ether oxygens (including phenoxy) is 1. The minimum atomic E-state index is -0.0956. The van der Waals surface area contributed by atoms with Gasteiger partial charge in [-0.2, -0.15) is 0 Å². The predicted octanol–water partition coefficient (Wildman–Crippen LogP) is 5.66. The number of carbonyl (C=O) groups excluding carboxylic acids is 1. The standard InChI is InChI=1S/C24H27ClN4O2S/c1-6-10-29-21(13-31-19-11-16(3)23(25)17(4)12-19)27-28-24(29)32-14-22(30)26-20-9-7-8-15(2)18(20)5/h6-9,11-12H,1,10,13-14H2,2-5H3,(H,26,30). The summed E-state index contributed by atoms with van der Waals surface area (Å²) in [7, 11) is 0. The van der Waals surface area contributed by atoms with Crippen LogP contribution in [-0.4, -0.2) is 26.4 Å². The molecule has 2 aromatic carbocycles. The average Bonchev–Trinajstić information content (AvgIpc) is 3.14. The molecule has 0 bridgehead atoms. The van der Waals surface area contributed by atoms with E-state index in [2.05, 4.69) is 22.1 Å². The largest absolute Gasteiger partial charge is 0.486 e. The third kappa shape index (κ3) is 5.72. The molecule has 1 amide bonds. The van der Waals surface area contributed by atoms with Crippen LogP contribution in [0.1, 0.15) is 28.1 Å². The maximum atomic E-state index is 12.5. The van der Waals surface area contributed by atoms with Gasteiger partial charge in [0.2, 0.25) is 5.91 Å². The minimum Gasteiger partial charge on any atom is -0.486 e. The summed E-state index contributed by atoms with van der Waals surface area (Å²) < 4.78 is 7.83. The molecule has 1 heterocycles. The van der Waals surface area contributed by atoms with Gasteiger partial charge in [0.05, 0.1) is 5.75 Å². The van der Waals surface area contributed by atoms with Crippen LogP contribution in [0.3, 0.4) is 0 Å². The first-order valence-corrected chi connectivity index (χ1v) is 11.6. The Hall–Kier alpha value is -2.77. The lowest BCUT2D eigenvalue weighted by atomic mass is 10.1. The Morgan fingerprint density at radius 3 is 2.59 bits per heavy atom. The van der Waals surface area contributed by atoms with E-state index in [1.165, 1.54) is 11.8 Å². The smallest absolute Gasteiger partial charge is 0.234 e. The summed E-state index contributed by atoms with van der Waals surface area (Å²) in [5, 5.41) is 12.9. The number of rotatable bonds is 9. The molecule has 0 aliphatic heterocycles. The number of nitrogens with zero attached hydrogens (tertiary/aromatic N) is 3. The molecular formula is C24H27ClN4O2S. The van der Waals surface area contributed by atoms with E-state index in [1.807, 2.05) is 62.6 Å². The molecule has 1 N–H and O–H groups in total. The molecular weight excluding hydrogens is 444 g/mol. The van der Waals surface area contributed by atoms with Gasteiger partial charge in [0.25, 0.3) is 0 Å². The zero-order valence-electron chi connectivity index (χ0n) is 18.7. The minimum absolute atomic E-state index is 0.0956. The first kappa shape index (κ1) is 23.9. The van der Waals surface area contributed by atoms with Gasteiger partial charge in [0.1, 0.15) is 12.4 Å². The second-order valence-corrected chi connectivity index (χ2v) is 8.86. The Bertz CT molecular complexity index is 1120. The summed E-state index contributed by atoms with van der Waals surface area (Å²) in [6.07, 6.45) is 1.77. The molecule has 0 radical (unpaired) electrons. The monoisotopic (exact) mass is 470 g/mol. The Balaban J connectivity index is 1.66. The van der Waals surface area contributed by atoms with Crippen molar-refractivity contribution in [3.63, 3.8) is 0 Å². The second kappa shape index (κ2) is 10.7. The summed E-state index contributed by atoms with van der Waals surface area (Å²) in [5.74, 6) is 1.51. The highest BCUT2D eigenvalue weighted by molar-refractivity contribution is 7.99. The first-order valence-electron chi connectivity index (χ1n) is 10.2. The predicted molar refractivity (Wildman–Crippen MR) is 131 cm³/mol. The van der Waals surface area contributed by atoms with E-state index in [9.17, 15) is 4.79 Å². The zero-order chi connectivity index (χ0) is 23.3. The van der Waals surface area contributed by atoms with E-state index in [4.69, 9.17) is 16.3 Å². The number of benzene rings is 2. The van der Waals surface area contributed by atoms with E-state index in [1.54, 1.807) is 6.08 Å². The SMILES string of the molecule is C=CCn1c(COc2cc(C)c(Cl)c(C)c2)nnc1SCC(=O)Nc1cccc(C)c1C. The topological polar surface area (TPSA) is 69.0 Å². The lowest BCUT2D eigenvalue weighted by Gasteiger charge is -2.12. The number of anilines is 1. The molecule has 168 valence electrons. The van der Waals surface area contributed by atoms with Crippen molar-refractivity contribution >= 4 is 35.0 Å². The van der Waals surface area contributed by atoms with Crippen LogP contribution >= 0.6 is 23.4 Å². The molecule has 0 spiro atoms. The summed E-state index contributed by atoms with van der Waals surface area (Å²) in [5.41, 5.74) is 4.94. The highest BCUT2D eigenvalue weighted by Crippen LogP contribution is 2.27. The summed E-state index contributed by atoms with van der Waals surface area (Å²) in [6.45, 7) is 12.5. The van der Waals surface area contributed by atoms with Gasteiger partial charge in [-0.3, -0.25) is 9.36 Å². The van der Waals surface area contributed by atoms with Gasteiger partial charge in [0.15, 0.2) is 11.0 Å². The van der Waals surface area contributed by atoms with E-state index in [0.717, 1.165) is 38.7 Å². The summed E-state index contributed by atoms with van der Waals surface area (Å²) >= 11 is 7.57. The number of halogens is 1. The molecule has 0 saturated carbocycles. The van der Waals surface area contributed by atoms with Crippen LogP contribution in [0.15, 0.2) is 48.1 Å². The van der Waals surface area contributed by atoms with Crippen molar-refractivity contribution in [2.24, 2.45) is 0 Å². The quantitative estimate of drug-likeness (QED) is 0.322. The number of hydrogen-bond acceptors (Lipinski definition) is 5. The molecule has 8 heteroatoms. The number of hydrogen-bond donors (Lipinski definition) is 1. The highest BCUT2D eigenvalue weighted by atomic mass is 35.5. The van der Waals surface area contributed by atoms with Crippen molar-refractivity contribution in [3.8, 4) is 5.75 Å². The molecule has 1 aromatic heterocycles. The van der Waals surface area contributed by atoms with Crippen LogP contribution in [0.2, 0.25) is 5.02 Å². The number of carbonyl (C=O) groups is 1. The van der Waals surface area contributed by atoms with Crippen LogP contribution in [0.4, 0.5) is 5.69 Å². The molecule has 32 heavy (non-hydrogen) atoms. The number of allylic oxidation sites excluding steroid dienone is 1. The molecule has 0 aliphatic carbocycles. The van der Waals surface area contributed by atoms with Crippen molar-refractivity contribution in [2.45, 2.75) is 46.0 Å². The van der Waals surface area contributed by atoms with Crippen LogP contribution in [0.5, 0.6) is 5.75 Å². The van der Waals surface area contributed by atoms with Gasteiger partial charge in [0, 0.05) is 17.3 Å². The van der Waals surface area contributed by atoms with Crippen LogP contribution in [0.25, 0.3) is 0 Å². The Kier molecular flexibility index (Phi) is 7.99. The number of aromatic nitrogens is 3. The van der Waals surface area contributed by atoms with Gasteiger partial charge < -0.3 is 10.1 Å². The number of nitrogens with one attached hydrogen (secondary N) is 1. The van der Waals surface area contributed by atoms with Crippen molar-refractivity contribution in [3.05, 3.63) is 76.1 Å². The molecule has 0 unspecified atom stereocenters. The van der Waals surface area contributed by atoms with Crippen molar-refractivity contribution in [1.29, 1.82) is 0 Å². The van der Waals surface area contributed by atoms with Crippen LogP contribution < -0.4 is 10.1 Å². The van der Waals surface area contributed by atoms with E-state index >= 15 is 0 Å². The van der Waals surface area contributed by atoms with E-state index in [0.29, 0.717) is 17.5 Å². The maximum Gasteiger partial charge on any atom is 0.234 e. The fourth-order valence-electron chi connectivity index (χ4n) is 3.19. The molecule has 0 saturated heterocycles. The molecule has 3 rings (SSSR count). The maximum absolute atomic E-state index is 12.5. The fourth-order valence-corrected chi connectivity index (χ4v) is 4.06. The van der Waals surface area contributed by atoms with Crippen molar-refractivity contribution < 1.29 is 9.53 Å².